The Kier molecular flexibility index (Phi) is 4.49. The summed E-state index contributed by atoms with van der Waals surface area (Å²) in [6, 6.07) is 6.04. The van der Waals surface area contributed by atoms with E-state index in [0.29, 0.717) is 19.8 Å². The van der Waals surface area contributed by atoms with Crippen molar-refractivity contribution in [2.75, 3.05) is 46.4 Å². The number of fused-ring (bicyclic) bond motifs is 1. The zero-order valence-electron chi connectivity index (χ0n) is 13.0. The summed E-state index contributed by atoms with van der Waals surface area (Å²) in [6.07, 6.45) is 0. The molecule has 0 aliphatic carbocycles. The fraction of sp³-hybridized carbons (Fsp3) is 0.562. The van der Waals surface area contributed by atoms with Crippen LogP contribution in [0.25, 0.3) is 0 Å². The molecular formula is C16H23N3O3. The third kappa shape index (κ3) is 3.51. The highest BCUT2D eigenvalue weighted by Crippen LogP contribution is 2.31. The van der Waals surface area contributed by atoms with Crippen LogP contribution in [0.3, 0.4) is 0 Å². The summed E-state index contributed by atoms with van der Waals surface area (Å²) in [7, 11) is 2.03. The molecule has 0 saturated carbocycles. The smallest absolute Gasteiger partial charge is 0.223 e. The SMILES string of the molecule is CN1CCN(Cc2ccc3c(c2)OCCO3)CC(C(N)=O)C1. The van der Waals surface area contributed by atoms with E-state index in [1.165, 1.54) is 0 Å². The highest BCUT2D eigenvalue weighted by Gasteiger charge is 2.25. The van der Waals surface area contributed by atoms with Gasteiger partial charge in [0.05, 0.1) is 5.92 Å². The van der Waals surface area contributed by atoms with Gasteiger partial charge < -0.3 is 20.1 Å². The number of hydrogen-bond acceptors (Lipinski definition) is 5. The average molecular weight is 305 g/mol. The Balaban J connectivity index is 1.70. The Bertz CT molecular complexity index is 549. The van der Waals surface area contributed by atoms with Crippen LogP contribution in [-0.4, -0.2) is 62.1 Å². The second-order valence-electron chi connectivity index (χ2n) is 6.07. The summed E-state index contributed by atoms with van der Waals surface area (Å²) in [6.45, 7) is 5.28. The van der Waals surface area contributed by atoms with Crippen LogP contribution in [0.4, 0.5) is 0 Å². The number of hydrogen-bond donors (Lipinski definition) is 1. The van der Waals surface area contributed by atoms with Crippen molar-refractivity contribution in [2.45, 2.75) is 6.54 Å². The monoisotopic (exact) mass is 305 g/mol. The van der Waals surface area contributed by atoms with Crippen molar-refractivity contribution in [2.24, 2.45) is 11.7 Å². The Morgan fingerprint density at radius 2 is 2.00 bits per heavy atom. The molecule has 1 saturated heterocycles. The lowest BCUT2D eigenvalue weighted by atomic mass is 10.1. The minimum absolute atomic E-state index is 0.121. The van der Waals surface area contributed by atoms with Crippen LogP contribution in [0, 0.1) is 5.92 Å². The molecule has 0 bridgehead atoms. The fourth-order valence-electron chi connectivity index (χ4n) is 3.01. The van der Waals surface area contributed by atoms with Crippen LogP contribution >= 0.6 is 0 Å². The Morgan fingerprint density at radius 3 is 2.77 bits per heavy atom. The van der Waals surface area contributed by atoms with Crippen molar-refractivity contribution >= 4 is 5.91 Å². The number of benzene rings is 1. The maximum absolute atomic E-state index is 11.6. The van der Waals surface area contributed by atoms with Crippen molar-refractivity contribution in [3.05, 3.63) is 23.8 Å². The lowest BCUT2D eigenvalue weighted by molar-refractivity contribution is -0.122. The normalized spacial score (nSPS) is 23.0. The molecule has 0 spiro atoms. The minimum atomic E-state index is -0.221. The third-order valence-corrected chi connectivity index (χ3v) is 4.22. The Morgan fingerprint density at radius 1 is 1.23 bits per heavy atom. The van der Waals surface area contributed by atoms with E-state index >= 15 is 0 Å². The molecule has 2 N–H and O–H groups in total. The van der Waals surface area contributed by atoms with E-state index < -0.39 is 0 Å². The standard InChI is InChI=1S/C16H23N3O3/c1-18-4-5-19(11-13(10-18)16(17)20)9-12-2-3-14-15(8-12)22-7-6-21-14/h2-3,8,13H,4-7,9-11H2,1H3,(H2,17,20). The summed E-state index contributed by atoms with van der Waals surface area (Å²) >= 11 is 0. The van der Waals surface area contributed by atoms with E-state index in [1.807, 2.05) is 19.2 Å². The molecule has 3 rings (SSSR count). The van der Waals surface area contributed by atoms with Gasteiger partial charge in [0.15, 0.2) is 11.5 Å². The number of nitrogens with two attached hydrogens (primary N) is 1. The maximum atomic E-state index is 11.6. The van der Waals surface area contributed by atoms with Gasteiger partial charge in [0.25, 0.3) is 0 Å². The van der Waals surface area contributed by atoms with Gasteiger partial charge in [-0.1, -0.05) is 6.07 Å². The van der Waals surface area contributed by atoms with E-state index in [1.54, 1.807) is 0 Å². The molecule has 1 aromatic rings. The molecule has 0 aromatic heterocycles. The quantitative estimate of drug-likeness (QED) is 0.870. The molecule has 1 unspecified atom stereocenters. The van der Waals surface area contributed by atoms with Gasteiger partial charge in [-0.05, 0) is 24.7 Å². The summed E-state index contributed by atoms with van der Waals surface area (Å²) in [5.74, 6) is 1.27. The highest BCUT2D eigenvalue weighted by molar-refractivity contribution is 5.77. The van der Waals surface area contributed by atoms with Gasteiger partial charge in [-0.25, -0.2) is 0 Å². The fourth-order valence-corrected chi connectivity index (χ4v) is 3.01. The predicted octanol–water partition coefficient (Wildman–Crippen LogP) is 0.307. The van der Waals surface area contributed by atoms with Crippen LogP contribution in [0.1, 0.15) is 5.56 Å². The summed E-state index contributed by atoms with van der Waals surface area (Å²) in [5, 5.41) is 0. The van der Waals surface area contributed by atoms with Gasteiger partial charge in [0.1, 0.15) is 13.2 Å². The zero-order valence-corrected chi connectivity index (χ0v) is 13.0. The molecule has 1 atom stereocenters. The first-order valence-corrected chi connectivity index (χ1v) is 7.70. The van der Waals surface area contributed by atoms with Crippen LogP contribution in [0.5, 0.6) is 11.5 Å². The van der Waals surface area contributed by atoms with E-state index in [9.17, 15) is 4.79 Å². The second kappa shape index (κ2) is 6.54. The third-order valence-electron chi connectivity index (χ3n) is 4.22. The van der Waals surface area contributed by atoms with Gasteiger partial charge in [-0.2, -0.15) is 0 Å². The molecule has 120 valence electrons. The molecule has 6 nitrogen and oxygen atoms in total. The van der Waals surface area contributed by atoms with Crippen LogP contribution in [-0.2, 0) is 11.3 Å². The van der Waals surface area contributed by atoms with Crippen LogP contribution in [0.2, 0.25) is 0 Å². The van der Waals surface area contributed by atoms with Crippen LogP contribution in [0.15, 0.2) is 18.2 Å². The van der Waals surface area contributed by atoms with Crippen molar-refractivity contribution in [1.82, 2.24) is 9.80 Å². The zero-order chi connectivity index (χ0) is 15.5. The molecule has 2 heterocycles. The number of primary amides is 1. The molecular weight excluding hydrogens is 282 g/mol. The van der Waals surface area contributed by atoms with E-state index in [-0.39, 0.29) is 11.8 Å². The molecule has 1 fully saturated rings. The summed E-state index contributed by atoms with van der Waals surface area (Å²) in [5.41, 5.74) is 6.68. The number of nitrogens with zero attached hydrogens (tertiary/aromatic N) is 2. The van der Waals surface area contributed by atoms with E-state index in [4.69, 9.17) is 15.2 Å². The molecule has 2 aliphatic rings. The minimum Gasteiger partial charge on any atom is -0.486 e. The number of carbonyl (C=O) groups excluding carboxylic acids is 1. The van der Waals surface area contributed by atoms with E-state index in [2.05, 4.69) is 15.9 Å². The Hall–Kier alpha value is -1.79. The first-order chi connectivity index (χ1) is 10.6. The molecule has 1 aromatic carbocycles. The van der Waals surface area contributed by atoms with Crippen LogP contribution < -0.4 is 15.2 Å². The van der Waals surface area contributed by atoms with Crippen molar-refractivity contribution in [1.29, 1.82) is 0 Å². The van der Waals surface area contributed by atoms with Crippen molar-refractivity contribution in [3.63, 3.8) is 0 Å². The number of rotatable bonds is 3. The second-order valence-corrected chi connectivity index (χ2v) is 6.07. The molecule has 6 heteroatoms. The summed E-state index contributed by atoms with van der Waals surface area (Å²) < 4.78 is 11.2. The van der Waals surface area contributed by atoms with Crippen molar-refractivity contribution < 1.29 is 14.3 Å². The Labute approximate surface area is 130 Å². The number of carbonyl (C=O) groups is 1. The van der Waals surface area contributed by atoms with Gasteiger partial charge in [0, 0.05) is 32.7 Å². The molecule has 2 aliphatic heterocycles. The first-order valence-electron chi connectivity index (χ1n) is 7.70. The topological polar surface area (TPSA) is 68.0 Å². The first kappa shape index (κ1) is 15.1. The number of likely N-dealkylation sites (N-methyl/N-ethyl adjacent to an activating group) is 1. The predicted molar refractivity (Wildman–Crippen MR) is 82.9 cm³/mol. The van der Waals surface area contributed by atoms with E-state index in [0.717, 1.165) is 43.2 Å². The largest absolute Gasteiger partial charge is 0.486 e. The highest BCUT2D eigenvalue weighted by atomic mass is 16.6. The molecule has 22 heavy (non-hydrogen) atoms. The van der Waals surface area contributed by atoms with Gasteiger partial charge in [-0.15, -0.1) is 0 Å². The maximum Gasteiger partial charge on any atom is 0.223 e. The molecule has 0 radical (unpaired) electrons. The molecule has 1 amide bonds. The average Bonchev–Trinajstić information content (AvgIpc) is 2.69. The summed E-state index contributed by atoms with van der Waals surface area (Å²) in [4.78, 5) is 16.0. The number of ether oxygens (including phenoxy) is 2. The van der Waals surface area contributed by atoms with Gasteiger partial charge >= 0.3 is 0 Å². The van der Waals surface area contributed by atoms with Crippen molar-refractivity contribution in [3.8, 4) is 11.5 Å². The van der Waals surface area contributed by atoms with Gasteiger partial charge in [0.2, 0.25) is 5.91 Å². The lowest BCUT2D eigenvalue weighted by Crippen LogP contribution is -2.37. The lowest BCUT2D eigenvalue weighted by Gasteiger charge is -2.24. The number of amides is 1. The van der Waals surface area contributed by atoms with Gasteiger partial charge in [-0.3, -0.25) is 9.69 Å².